The summed E-state index contributed by atoms with van der Waals surface area (Å²) in [6, 6.07) is 18.2. The summed E-state index contributed by atoms with van der Waals surface area (Å²) in [6.45, 7) is 1.96. The molecule has 6 aromatic rings. The Labute approximate surface area is 291 Å². The van der Waals surface area contributed by atoms with E-state index in [1.165, 1.54) is 41.4 Å². The molecule has 260 valence electrons. The van der Waals surface area contributed by atoms with Crippen molar-refractivity contribution in [1.82, 2.24) is 18.8 Å². The van der Waals surface area contributed by atoms with Crippen LogP contribution in [0.5, 0.6) is 11.5 Å². The monoisotopic (exact) mass is 730 g/mol. The normalized spacial score (nSPS) is 13.3. The summed E-state index contributed by atoms with van der Waals surface area (Å²) in [7, 11) is -8.45. The van der Waals surface area contributed by atoms with E-state index in [9.17, 15) is 26.4 Å². The highest BCUT2D eigenvalue weighted by Gasteiger charge is 2.34. The maximum absolute atomic E-state index is 15.8. The van der Waals surface area contributed by atoms with Crippen molar-refractivity contribution in [2.45, 2.75) is 29.6 Å². The Morgan fingerprint density at radius 1 is 0.843 bits per heavy atom. The van der Waals surface area contributed by atoms with Crippen LogP contribution in [0.2, 0.25) is 0 Å². The van der Waals surface area contributed by atoms with E-state index < -0.39 is 42.1 Å². The van der Waals surface area contributed by atoms with Gasteiger partial charge in [-0.2, -0.15) is 0 Å². The molecule has 0 radical (unpaired) electrons. The number of nitrogens with zero attached hydrogens (tertiary/aromatic N) is 3. The molecule has 0 aliphatic carbocycles. The molecule has 11 nitrogen and oxygen atoms in total. The molecule has 0 unspecified atom stereocenters. The zero-order valence-electron chi connectivity index (χ0n) is 27.1. The lowest BCUT2D eigenvalue weighted by Gasteiger charge is -2.15. The summed E-state index contributed by atoms with van der Waals surface area (Å²) in [5.41, 5.74) is 1.86. The number of hydrogen-bond acceptors (Lipinski definition) is 8. The van der Waals surface area contributed by atoms with E-state index in [0.717, 1.165) is 34.1 Å². The van der Waals surface area contributed by atoms with Crippen molar-refractivity contribution in [3.05, 3.63) is 125 Å². The summed E-state index contributed by atoms with van der Waals surface area (Å²) < 4.78 is 90.5. The minimum atomic E-state index is -4.23. The lowest BCUT2D eigenvalue weighted by molar-refractivity contribution is 0.0652. The van der Waals surface area contributed by atoms with Gasteiger partial charge < -0.3 is 9.72 Å². The van der Waals surface area contributed by atoms with E-state index in [0.29, 0.717) is 29.7 Å². The van der Waals surface area contributed by atoms with Gasteiger partial charge in [-0.25, -0.2) is 34.6 Å². The van der Waals surface area contributed by atoms with E-state index in [4.69, 9.17) is 4.74 Å². The van der Waals surface area contributed by atoms with Crippen LogP contribution >= 0.6 is 0 Å². The van der Waals surface area contributed by atoms with Crippen LogP contribution in [0, 0.1) is 18.6 Å². The van der Waals surface area contributed by atoms with Crippen LogP contribution in [-0.2, 0) is 26.3 Å². The molecule has 0 spiro atoms. The number of ether oxygens (including phenoxy) is 1. The molecule has 2 amide bonds. The Bertz CT molecular complexity index is 2580. The number of fused-ring (bicyclic) bond motifs is 2. The molecule has 0 bridgehead atoms. The highest BCUT2D eigenvalue weighted by molar-refractivity contribution is 7.91. The summed E-state index contributed by atoms with van der Waals surface area (Å²) in [6.07, 6.45) is 4.25. The first-order valence-corrected chi connectivity index (χ1v) is 18.9. The number of aromatic nitrogens is 3. The Morgan fingerprint density at radius 3 is 2.20 bits per heavy atom. The smallest absolute Gasteiger partial charge is 0.268 e. The van der Waals surface area contributed by atoms with Gasteiger partial charge in [0.15, 0.2) is 21.4 Å². The van der Waals surface area contributed by atoms with E-state index in [2.05, 4.69) is 9.97 Å². The van der Waals surface area contributed by atoms with Gasteiger partial charge in [-0.3, -0.25) is 14.5 Å². The van der Waals surface area contributed by atoms with Crippen LogP contribution in [0.1, 0.15) is 38.4 Å². The number of aromatic amines is 1. The van der Waals surface area contributed by atoms with E-state index >= 15 is 8.78 Å². The molecule has 0 atom stereocenters. The minimum Gasteiger partial charge on any atom is -0.453 e. The number of carbonyl (C=O) groups excluding carboxylic acids is 2. The molecule has 1 aliphatic rings. The lowest BCUT2D eigenvalue weighted by Crippen LogP contribution is -2.30. The summed E-state index contributed by atoms with van der Waals surface area (Å²) >= 11 is 0. The molecular formula is C36H28F2N4O7S2. The Kier molecular flexibility index (Phi) is 8.34. The first-order valence-electron chi connectivity index (χ1n) is 15.6. The highest BCUT2D eigenvalue weighted by atomic mass is 32.2. The predicted octanol–water partition coefficient (Wildman–Crippen LogP) is 6.28. The van der Waals surface area contributed by atoms with Gasteiger partial charge in [-0.05, 0) is 68.3 Å². The second-order valence-electron chi connectivity index (χ2n) is 12.1. The molecule has 4 aromatic carbocycles. The number of H-pyrrole nitrogens is 1. The van der Waals surface area contributed by atoms with Gasteiger partial charge in [0.05, 0.1) is 27.1 Å². The third-order valence-electron chi connectivity index (χ3n) is 8.52. The number of imide groups is 1. The van der Waals surface area contributed by atoms with Gasteiger partial charge in [-0.15, -0.1) is 0 Å². The number of rotatable bonds is 10. The molecule has 1 aliphatic heterocycles. The van der Waals surface area contributed by atoms with Crippen molar-refractivity contribution in [2.24, 2.45) is 0 Å². The number of benzene rings is 4. The third kappa shape index (κ3) is 6.08. The topological polar surface area (TPSA) is 148 Å². The standard InChI is InChI=1S/C36H28F2N4O7S2/c1-21-9-12-24(13-10-21)51(47,48)42-17-15-27-31(42)19-30(38)32(33(27)50(2,45)46)49-23-11-14-29(37)28(18-23)34-39-20-22(40-34)6-5-16-41-35(43)25-7-3-4-8-26(25)36(41)44/h3-4,7-15,17-20H,5-6,16H2,1-2H3,(H,39,40). The molecule has 7 rings (SSSR count). The molecule has 51 heavy (non-hydrogen) atoms. The summed E-state index contributed by atoms with van der Waals surface area (Å²) in [5, 5.41) is -0.0937. The number of amides is 2. The van der Waals surface area contributed by atoms with Crippen molar-refractivity contribution in [3.63, 3.8) is 0 Å². The zero-order chi connectivity index (χ0) is 36.2. The quantitative estimate of drug-likeness (QED) is 0.162. The second kappa shape index (κ2) is 12.6. The van der Waals surface area contributed by atoms with Gasteiger partial charge >= 0.3 is 0 Å². The fourth-order valence-corrected chi connectivity index (χ4v) is 8.42. The van der Waals surface area contributed by atoms with Crippen LogP contribution in [0.25, 0.3) is 22.3 Å². The lowest BCUT2D eigenvalue weighted by atomic mass is 10.1. The molecule has 0 saturated carbocycles. The molecule has 1 N–H and O–H groups in total. The molecule has 3 heterocycles. The first-order chi connectivity index (χ1) is 24.2. The van der Waals surface area contributed by atoms with Gasteiger partial charge in [-0.1, -0.05) is 29.8 Å². The van der Waals surface area contributed by atoms with Crippen LogP contribution in [0.4, 0.5) is 8.78 Å². The number of halogens is 2. The average molecular weight is 731 g/mol. The second-order valence-corrected chi connectivity index (χ2v) is 15.8. The number of aryl methyl sites for hydroxylation is 2. The van der Waals surface area contributed by atoms with Crippen LogP contribution in [0.3, 0.4) is 0 Å². The summed E-state index contributed by atoms with van der Waals surface area (Å²) in [4.78, 5) is 33.1. The van der Waals surface area contributed by atoms with Gasteiger partial charge in [0, 0.05) is 42.3 Å². The Balaban J connectivity index is 1.14. The fourth-order valence-electron chi connectivity index (χ4n) is 6.03. The van der Waals surface area contributed by atoms with Crippen molar-refractivity contribution >= 4 is 42.6 Å². The van der Waals surface area contributed by atoms with E-state index in [1.807, 2.05) is 0 Å². The summed E-state index contributed by atoms with van der Waals surface area (Å²) in [5.74, 6) is -3.30. The number of sulfone groups is 1. The van der Waals surface area contributed by atoms with Crippen molar-refractivity contribution in [2.75, 3.05) is 12.8 Å². The molecule has 0 fully saturated rings. The Morgan fingerprint density at radius 2 is 1.53 bits per heavy atom. The highest BCUT2D eigenvalue weighted by Crippen LogP contribution is 2.40. The molecule has 15 heteroatoms. The number of carbonyl (C=O) groups is 2. The molecule has 2 aromatic heterocycles. The van der Waals surface area contributed by atoms with Crippen LogP contribution in [-0.4, -0.2) is 60.3 Å². The van der Waals surface area contributed by atoms with Crippen molar-refractivity contribution in [1.29, 1.82) is 0 Å². The number of nitrogens with one attached hydrogen (secondary N) is 1. The van der Waals surface area contributed by atoms with Crippen molar-refractivity contribution < 1.29 is 39.9 Å². The van der Waals surface area contributed by atoms with E-state index in [-0.39, 0.29) is 51.3 Å². The maximum atomic E-state index is 15.8. The fraction of sp³-hybridized carbons (Fsp3) is 0.139. The first kappa shape index (κ1) is 33.8. The number of imidazole rings is 1. The SMILES string of the molecule is Cc1ccc(S(=O)(=O)n2ccc3c(S(C)(=O)=O)c(Oc4ccc(F)c(-c5ncc(CCCN6C(=O)c7ccccc7C6=O)[nH]5)c4)c(F)cc32)cc1. The largest absolute Gasteiger partial charge is 0.453 e. The Hall–Kier alpha value is -5.67. The van der Waals surface area contributed by atoms with E-state index in [1.54, 1.807) is 43.3 Å². The third-order valence-corrected chi connectivity index (χ3v) is 11.4. The van der Waals surface area contributed by atoms with Crippen LogP contribution < -0.4 is 4.74 Å². The molecular weight excluding hydrogens is 703 g/mol. The minimum absolute atomic E-state index is 0.0585. The number of hydrogen-bond donors (Lipinski definition) is 1. The van der Waals surface area contributed by atoms with Crippen LogP contribution in [0.15, 0.2) is 101 Å². The zero-order valence-corrected chi connectivity index (χ0v) is 28.7. The van der Waals surface area contributed by atoms with Crippen molar-refractivity contribution in [3.8, 4) is 22.9 Å². The average Bonchev–Trinajstić information content (AvgIpc) is 3.79. The predicted molar refractivity (Wildman–Crippen MR) is 183 cm³/mol. The van der Waals surface area contributed by atoms with Gasteiger partial charge in [0.25, 0.3) is 21.8 Å². The maximum Gasteiger partial charge on any atom is 0.268 e. The molecule has 0 saturated heterocycles. The van der Waals surface area contributed by atoms with Gasteiger partial charge in [0.2, 0.25) is 0 Å². The van der Waals surface area contributed by atoms with Gasteiger partial charge in [0.1, 0.15) is 22.3 Å².